The summed E-state index contributed by atoms with van der Waals surface area (Å²) in [5.41, 5.74) is 7.46. The summed E-state index contributed by atoms with van der Waals surface area (Å²) >= 11 is 0. The first-order chi connectivity index (χ1) is 8.26. The van der Waals surface area contributed by atoms with Gasteiger partial charge in [0, 0.05) is 6.04 Å². The van der Waals surface area contributed by atoms with Crippen molar-refractivity contribution < 1.29 is 0 Å². The fourth-order valence-electron chi connectivity index (χ4n) is 2.81. The van der Waals surface area contributed by atoms with E-state index in [0.717, 1.165) is 0 Å². The summed E-state index contributed by atoms with van der Waals surface area (Å²) in [6.07, 6.45) is 1.17. The van der Waals surface area contributed by atoms with Crippen LogP contribution in [-0.4, -0.2) is 7.05 Å². The third-order valence-corrected chi connectivity index (χ3v) is 4.69. The van der Waals surface area contributed by atoms with E-state index in [-0.39, 0.29) is 5.41 Å². The maximum absolute atomic E-state index is 3.55. The quantitative estimate of drug-likeness (QED) is 0.819. The summed E-state index contributed by atoms with van der Waals surface area (Å²) in [5.74, 6) is 0. The predicted octanol–water partition coefficient (Wildman–Crippen LogP) is 4.62. The second-order valence-corrected chi connectivity index (χ2v) is 6.24. The van der Waals surface area contributed by atoms with Crippen molar-refractivity contribution in [2.75, 3.05) is 7.05 Å². The summed E-state index contributed by atoms with van der Waals surface area (Å²) in [5, 5.41) is 3.55. The van der Waals surface area contributed by atoms with Crippen molar-refractivity contribution in [3.63, 3.8) is 0 Å². The van der Waals surface area contributed by atoms with Gasteiger partial charge in [0.2, 0.25) is 0 Å². The van der Waals surface area contributed by atoms with Crippen molar-refractivity contribution in [2.45, 2.75) is 60.9 Å². The van der Waals surface area contributed by atoms with Crippen LogP contribution in [0.2, 0.25) is 0 Å². The summed E-state index contributed by atoms with van der Waals surface area (Å²) in [6.45, 7) is 15.9. The molecule has 1 N–H and O–H groups in total. The first-order valence-electron chi connectivity index (χ1n) is 7.00. The smallest absolute Gasteiger partial charge is 0.0374 e. The van der Waals surface area contributed by atoms with Crippen molar-refractivity contribution in [2.24, 2.45) is 5.41 Å². The molecule has 0 radical (unpaired) electrons. The zero-order valence-corrected chi connectivity index (χ0v) is 13.4. The van der Waals surface area contributed by atoms with Crippen LogP contribution >= 0.6 is 0 Å². The number of nitrogens with one attached hydrogen (secondary N) is 1. The second-order valence-electron chi connectivity index (χ2n) is 6.24. The Bertz CT molecular complexity index is 403. The van der Waals surface area contributed by atoms with Crippen molar-refractivity contribution in [1.82, 2.24) is 5.32 Å². The highest BCUT2D eigenvalue weighted by Gasteiger charge is 2.30. The molecule has 0 bridgehead atoms. The molecule has 1 atom stereocenters. The van der Waals surface area contributed by atoms with Gasteiger partial charge in [0.1, 0.15) is 0 Å². The fraction of sp³-hybridized carbons (Fsp3) is 0.647. The van der Waals surface area contributed by atoms with E-state index >= 15 is 0 Å². The van der Waals surface area contributed by atoms with Gasteiger partial charge < -0.3 is 5.32 Å². The van der Waals surface area contributed by atoms with Crippen LogP contribution in [0.3, 0.4) is 0 Å². The molecule has 1 aromatic carbocycles. The lowest BCUT2D eigenvalue weighted by atomic mass is 9.75. The molecule has 0 saturated heterocycles. The Morgan fingerprint density at radius 1 is 1.06 bits per heavy atom. The van der Waals surface area contributed by atoms with Gasteiger partial charge in [-0.2, -0.15) is 0 Å². The van der Waals surface area contributed by atoms with Crippen LogP contribution in [0, 0.1) is 33.1 Å². The van der Waals surface area contributed by atoms with E-state index in [1.807, 2.05) is 0 Å². The van der Waals surface area contributed by atoms with Gasteiger partial charge in [-0.1, -0.05) is 26.8 Å². The van der Waals surface area contributed by atoms with Gasteiger partial charge in [-0.25, -0.2) is 0 Å². The summed E-state index contributed by atoms with van der Waals surface area (Å²) < 4.78 is 0. The Labute approximate surface area is 113 Å². The largest absolute Gasteiger partial charge is 0.313 e. The minimum absolute atomic E-state index is 0.268. The third-order valence-electron chi connectivity index (χ3n) is 4.69. The first kappa shape index (κ1) is 15.2. The molecule has 1 rings (SSSR count). The van der Waals surface area contributed by atoms with E-state index in [1.54, 1.807) is 0 Å². The molecule has 0 spiro atoms. The molecule has 102 valence electrons. The van der Waals surface area contributed by atoms with Crippen molar-refractivity contribution in [3.8, 4) is 0 Å². The van der Waals surface area contributed by atoms with Gasteiger partial charge in [0.15, 0.2) is 0 Å². The number of rotatable bonds is 4. The molecule has 0 fully saturated rings. The first-order valence-corrected chi connectivity index (χ1v) is 7.00. The number of aryl methyl sites for hydroxylation is 2. The zero-order valence-electron chi connectivity index (χ0n) is 13.4. The van der Waals surface area contributed by atoms with Crippen LogP contribution in [0.4, 0.5) is 0 Å². The van der Waals surface area contributed by atoms with Gasteiger partial charge in [-0.3, -0.25) is 0 Å². The molecule has 0 aliphatic heterocycles. The molecular weight excluding hydrogens is 218 g/mol. The highest BCUT2D eigenvalue weighted by molar-refractivity contribution is 5.46. The molecule has 1 unspecified atom stereocenters. The van der Waals surface area contributed by atoms with Gasteiger partial charge >= 0.3 is 0 Å². The van der Waals surface area contributed by atoms with E-state index in [1.165, 1.54) is 34.2 Å². The normalized spacial score (nSPS) is 13.8. The summed E-state index contributed by atoms with van der Waals surface area (Å²) in [6, 6.07) is 2.72. The highest BCUT2D eigenvalue weighted by Crippen LogP contribution is 2.40. The van der Waals surface area contributed by atoms with E-state index in [0.29, 0.717) is 6.04 Å². The minimum atomic E-state index is 0.268. The Hall–Kier alpha value is -0.820. The van der Waals surface area contributed by atoms with Gasteiger partial charge in [-0.15, -0.1) is 0 Å². The average molecular weight is 247 g/mol. The van der Waals surface area contributed by atoms with E-state index in [9.17, 15) is 0 Å². The monoisotopic (exact) mass is 247 g/mol. The highest BCUT2D eigenvalue weighted by atomic mass is 14.9. The topological polar surface area (TPSA) is 12.0 Å². The van der Waals surface area contributed by atoms with E-state index < -0.39 is 0 Å². The van der Waals surface area contributed by atoms with E-state index in [2.05, 4.69) is 66.9 Å². The zero-order chi connectivity index (χ0) is 14.1. The Morgan fingerprint density at radius 3 is 1.83 bits per heavy atom. The summed E-state index contributed by atoms with van der Waals surface area (Å²) in [4.78, 5) is 0. The maximum atomic E-state index is 3.55. The Morgan fingerprint density at radius 2 is 1.50 bits per heavy atom. The molecular formula is C17H29N. The van der Waals surface area contributed by atoms with Gasteiger partial charge in [-0.05, 0) is 74.4 Å². The molecule has 0 aliphatic carbocycles. The maximum Gasteiger partial charge on any atom is 0.0374 e. The number of hydrogen-bond acceptors (Lipinski definition) is 1. The molecule has 0 heterocycles. The lowest BCUT2D eigenvalue weighted by molar-refractivity contribution is 0.244. The summed E-state index contributed by atoms with van der Waals surface area (Å²) in [7, 11) is 2.08. The molecule has 1 nitrogen and oxygen atoms in total. The van der Waals surface area contributed by atoms with E-state index in [4.69, 9.17) is 0 Å². The van der Waals surface area contributed by atoms with Crippen LogP contribution in [0.25, 0.3) is 0 Å². The standard InChI is InChI=1S/C17H29N/c1-9-17(6,7)16(18-8)15-13(4)11(2)10-12(3)14(15)5/h10,16,18H,9H2,1-8H3. The number of hydrogen-bond donors (Lipinski definition) is 1. The predicted molar refractivity (Wildman–Crippen MR) is 81.3 cm³/mol. The van der Waals surface area contributed by atoms with Crippen molar-refractivity contribution in [1.29, 1.82) is 0 Å². The Kier molecular flexibility index (Phi) is 4.61. The van der Waals surface area contributed by atoms with Gasteiger partial charge in [0.05, 0.1) is 0 Å². The van der Waals surface area contributed by atoms with Gasteiger partial charge in [0.25, 0.3) is 0 Å². The van der Waals surface area contributed by atoms with Crippen LogP contribution in [0.1, 0.15) is 61.1 Å². The lowest BCUT2D eigenvalue weighted by Crippen LogP contribution is -2.33. The molecule has 0 amide bonds. The van der Waals surface area contributed by atoms with Crippen LogP contribution in [0.5, 0.6) is 0 Å². The van der Waals surface area contributed by atoms with Crippen LogP contribution in [-0.2, 0) is 0 Å². The van der Waals surface area contributed by atoms with Crippen molar-refractivity contribution in [3.05, 3.63) is 33.9 Å². The lowest BCUT2D eigenvalue weighted by Gasteiger charge is -2.36. The SMILES string of the molecule is CCC(C)(C)C(NC)c1c(C)c(C)cc(C)c1C. The van der Waals surface area contributed by atoms with Crippen LogP contribution in [0.15, 0.2) is 6.07 Å². The van der Waals surface area contributed by atoms with Crippen LogP contribution < -0.4 is 5.32 Å². The molecule has 1 aromatic rings. The molecule has 18 heavy (non-hydrogen) atoms. The molecule has 0 aliphatic rings. The second kappa shape index (κ2) is 5.44. The molecule has 0 aromatic heterocycles. The average Bonchev–Trinajstić information content (AvgIpc) is 2.31. The Balaban J connectivity index is 3.47. The molecule has 0 saturated carbocycles. The molecule has 1 heteroatoms. The fourth-order valence-corrected chi connectivity index (χ4v) is 2.81. The number of benzene rings is 1. The third kappa shape index (κ3) is 2.61. The minimum Gasteiger partial charge on any atom is -0.313 e. The van der Waals surface area contributed by atoms with Crippen molar-refractivity contribution >= 4 is 0 Å².